The topological polar surface area (TPSA) is 63.2 Å². The highest BCUT2D eigenvalue weighted by molar-refractivity contribution is 7.91. The first kappa shape index (κ1) is 16.6. The Labute approximate surface area is 140 Å². The van der Waals surface area contributed by atoms with Crippen LogP contribution in [0.15, 0.2) is 53.4 Å². The van der Waals surface area contributed by atoms with Gasteiger partial charge in [-0.05, 0) is 42.2 Å². The zero-order valence-corrected chi connectivity index (χ0v) is 13.9. The van der Waals surface area contributed by atoms with Gasteiger partial charge < -0.3 is 5.32 Å². The smallest absolute Gasteiger partial charge is 0.220 e. The Balaban J connectivity index is 1.67. The van der Waals surface area contributed by atoms with E-state index in [0.717, 1.165) is 5.56 Å². The fourth-order valence-corrected chi connectivity index (χ4v) is 4.58. The maximum absolute atomic E-state index is 13.1. The number of carbonyl (C=O) groups is 1. The van der Waals surface area contributed by atoms with E-state index in [1.165, 1.54) is 12.1 Å². The molecular formula is C18H18FNO3S. The van der Waals surface area contributed by atoms with Crippen molar-refractivity contribution in [2.45, 2.75) is 30.2 Å². The minimum atomic E-state index is -3.26. The number of hydrogen-bond acceptors (Lipinski definition) is 3. The van der Waals surface area contributed by atoms with Gasteiger partial charge in [0.2, 0.25) is 5.91 Å². The maximum atomic E-state index is 13.1. The van der Waals surface area contributed by atoms with E-state index in [2.05, 4.69) is 5.32 Å². The number of benzene rings is 2. The van der Waals surface area contributed by atoms with Gasteiger partial charge in [0.05, 0.1) is 16.7 Å². The molecule has 1 aliphatic rings. The molecule has 126 valence electrons. The minimum Gasteiger partial charge on any atom is -0.349 e. The maximum Gasteiger partial charge on any atom is 0.220 e. The van der Waals surface area contributed by atoms with Crippen LogP contribution in [0.2, 0.25) is 0 Å². The molecular weight excluding hydrogens is 329 g/mol. The summed E-state index contributed by atoms with van der Waals surface area (Å²) in [5.41, 5.74) is 1.40. The third kappa shape index (κ3) is 3.64. The average Bonchev–Trinajstić information content (AvgIpc) is 2.56. The predicted molar refractivity (Wildman–Crippen MR) is 88.7 cm³/mol. The number of halogens is 1. The van der Waals surface area contributed by atoms with E-state index in [0.29, 0.717) is 23.3 Å². The lowest BCUT2D eigenvalue weighted by Gasteiger charge is -2.26. The molecule has 0 fully saturated rings. The third-order valence-electron chi connectivity index (χ3n) is 4.17. The van der Waals surface area contributed by atoms with Gasteiger partial charge in [-0.15, -0.1) is 0 Å². The largest absolute Gasteiger partial charge is 0.349 e. The van der Waals surface area contributed by atoms with Crippen LogP contribution in [-0.2, 0) is 21.1 Å². The first-order chi connectivity index (χ1) is 11.5. The SMILES string of the molecule is O=C(CCc1cccc(F)c1)NC1CCS(=O)(=O)c2ccccc21. The van der Waals surface area contributed by atoms with Crippen molar-refractivity contribution >= 4 is 15.7 Å². The molecule has 1 aliphatic heterocycles. The molecule has 0 radical (unpaired) electrons. The van der Waals surface area contributed by atoms with Crippen LogP contribution in [0.25, 0.3) is 0 Å². The van der Waals surface area contributed by atoms with Crippen molar-refractivity contribution in [1.82, 2.24) is 5.32 Å². The molecule has 4 nitrogen and oxygen atoms in total. The van der Waals surface area contributed by atoms with Crippen molar-refractivity contribution in [3.05, 3.63) is 65.5 Å². The van der Waals surface area contributed by atoms with Gasteiger partial charge in [0.15, 0.2) is 9.84 Å². The first-order valence-electron chi connectivity index (χ1n) is 7.81. The Bertz CT molecular complexity index is 864. The van der Waals surface area contributed by atoms with E-state index < -0.39 is 9.84 Å². The molecule has 2 aromatic rings. The van der Waals surface area contributed by atoms with Gasteiger partial charge in [-0.1, -0.05) is 30.3 Å². The zero-order valence-electron chi connectivity index (χ0n) is 13.0. The zero-order chi connectivity index (χ0) is 17.2. The van der Waals surface area contributed by atoms with Crippen LogP contribution < -0.4 is 5.32 Å². The van der Waals surface area contributed by atoms with Gasteiger partial charge in [0, 0.05) is 6.42 Å². The molecule has 1 atom stereocenters. The highest BCUT2D eigenvalue weighted by Crippen LogP contribution is 2.31. The summed E-state index contributed by atoms with van der Waals surface area (Å²) in [6.45, 7) is 0. The third-order valence-corrected chi connectivity index (χ3v) is 5.98. The normalized spacial score (nSPS) is 18.6. The first-order valence-corrected chi connectivity index (χ1v) is 9.46. The summed E-state index contributed by atoms with van der Waals surface area (Å²) in [7, 11) is -3.26. The standard InChI is InChI=1S/C18H18FNO3S/c19-14-5-3-4-13(12-14)8-9-18(21)20-16-10-11-24(22,23)17-7-2-1-6-15(16)17/h1-7,12,16H,8-11H2,(H,20,21). The lowest BCUT2D eigenvalue weighted by molar-refractivity contribution is -0.121. The van der Waals surface area contributed by atoms with Crippen LogP contribution in [0.4, 0.5) is 4.39 Å². The minimum absolute atomic E-state index is 0.0266. The van der Waals surface area contributed by atoms with E-state index in [9.17, 15) is 17.6 Å². The number of amides is 1. The molecule has 0 bridgehead atoms. The monoisotopic (exact) mass is 347 g/mol. The van der Waals surface area contributed by atoms with Crippen molar-refractivity contribution < 1.29 is 17.6 Å². The second kappa shape index (κ2) is 6.73. The van der Waals surface area contributed by atoms with E-state index in [-0.39, 0.29) is 29.9 Å². The average molecular weight is 347 g/mol. The quantitative estimate of drug-likeness (QED) is 0.925. The lowest BCUT2D eigenvalue weighted by atomic mass is 10.0. The van der Waals surface area contributed by atoms with Crippen LogP contribution >= 0.6 is 0 Å². The van der Waals surface area contributed by atoms with Gasteiger partial charge in [-0.3, -0.25) is 4.79 Å². The molecule has 1 unspecified atom stereocenters. The van der Waals surface area contributed by atoms with Crippen LogP contribution in [0.5, 0.6) is 0 Å². The predicted octanol–water partition coefficient (Wildman–Crippen LogP) is 2.79. The number of nitrogens with one attached hydrogen (secondary N) is 1. The summed E-state index contributed by atoms with van der Waals surface area (Å²) in [5.74, 6) is -0.462. The second-order valence-corrected chi connectivity index (χ2v) is 7.97. The van der Waals surface area contributed by atoms with Gasteiger partial charge in [0.1, 0.15) is 5.82 Å². The van der Waals surface area contributed by atoms with Gasteiger partial charge in [-0.25, -0.2) is 12.8 Å². The van der Waals surface area contributed by atoms with E-state index >= 15 is 0 Å². The summed E-state index contributed by atoms with van der Waals surface area (Å²) < 4.78 is 37.3. The highest BCUT2D eigenvalue weighted by atomic mass is 32.2. The number of sulfone groups is 1. The molecule has 0 saturated heterocycles. The van der Waals surface area contributed by atoms with E-state index in [1.807, 2.05) is 0 Å². The van der Waals surface area contributed by atoms with Crippen molar-refractivity contribution in [3.63, 3.8) is 0 Å². The number of fused-ring (bicyclic) bond motifs is 1. The van der Waals surface area contributed by atoms with Gasteiger partial charge in [0.25, 0.3) is 0 Å². The van der Waals surface area contributed by atoms with Crippen LogP contribution in [-0.4, -0.2) is 20.1 Å². The molecule has 1 amide bonds. The molecule has 3 rings (SSSR count). The molecule has 0 spiro atoms. The number of hydrogen-bond donors (Lipinski definition) is 1. The van der Waals surface area contributed by atoms with Crippen LogP contribution in [0.3, 0.4) is 0 Å². The van der Waals surface area contributed by atoms with Crippen LogP contribution in [0.1, 0.15) is 30.0 Å². The molecule has 0 saturated carbocycles. The molecule has 24 heavy (non-hydrogen) atoms. The van der Waals surface area contributed by atoms with Crippen molar-refractivity contribution in [3.8, 4) is 0 Å². The number of rotatable bonds is 4. The van der Waals surface area contributed by atoms with Crippen molar-refractivity contribution in [2.24, 2.45) is 0 Å². The van der Waals surface area contributed by atoms with Gasteiger partial charge >= 0.3 is 0 Å². The van der Waals surface area contributed by atoms with Gasteiger partial charge in [-0.2, -0.15) is 0 Å². The Morgan fingerprint density at radius 3 is 2.75 bits per heavy atom. The van der Waals surface area contributed by atoms with Crippen molar-refractivity contribution in [2.75, 3.05) is 5.75 Å². The van der Waals surface area contributed by atoms with E-state index in [1.54, 1.807) is 36.4 Å². The Hall–Kier alpha value is -2.21. The summed E-state index contributed by atoms with van der Waals surface area (Å²) in [4.78, 5) is 12.5. The van der Waals surface area contributed by atoms with Crippen LogP contribution in [0, 0.1) is 5.82 Å². The van der Waals surface area contributed by atoms with Crippen molar-refractivity contribution in [1.29, 1.82) is 0 Å². The second-order valence-electron chi connectivity index (χ2n) is 5.90. The molecule has 2 aromatic carbocycles. The Morgan fingerprint density at radius 1 is 1.17 bits per heavy atom. The fourth-order valence-electron chi connectivity index (χ4n) is 2.96. The molecule has 6 heteroatoms. The number of carbonyl (C=O) groups excluding carboxylic acids is 1. The molecule has 0 aliphatic carbocycles. The Morgan fingerprint density at radius 2 is 1.96 bits per heavy atom. The summed E-state index contributed by atoms with van der Waals surface area (Å²) in [5, 5.41) is 2.90. The fraction of sp³-hybridized carbons (Fsp3) is 0.278. The summed E-state index contributed by atoms with van der Waals surface area (Å²) in [6, 6.07) is 12.6. The summed E-state index contributed by atoms with van der Waals surface area (Å²) >= 11 is 0. The summed E-state index contributed by atoms with van der Waals surface area (Å²) in [6.07, 6.45) is 1.04. The van der Waals surface area contributed by atoms with E-state index in [4.69, 9.17) is 0 Å². The molecule has 0 aromatic heterocycles. The molecule has 1 heterocycles. The number of aryl methyl sites for hydroxylation is 1. The Kier molecular flexibility index (Phi) is 4.66. The highest BCUT2D eigenvalue weighted by Gasteiger charge is 2.30. The molecule has 1 N–H and O–H groups in total. The lowest BCUT2D eigenvalue weighted by Crippen LogP contribution is -2.34.